The van der Waals surface area contributed by atoms with Crippen molar-refractivity contribution in [2.75, 3.05) is 0 Å². The highest BCUT2D eigenvalue weighted by atomic mass is 79.9. The van der Waals surface area contributed by atoms with E-state index in [2.05, 4.69) is 21.2 Å². The first-order valence-corrected chi connectivity index (χ1v) is 6.72. The van der Waals surface area contributed by atoms with Crippen LogP contribution >= 0.6 is 27.5 Å². The van der Waals surface area contributed by atoms with Gasteiger partial charge in [-0.2, -0.15) is 0 Å². The molecule has 0 aromatic heterocycles. The number of hydrogen-bond acceptors (Lipinski definition) is 1. The second-order valence-electron chi connectivity index (χ2n) is 3.93. The molecule has 0 unspecified atom stereocenters. The van der Waals surface area contributed by atoms with Gasteiger partial charge in [0.05, 0.1) is 0 Å². The smallest absolute Gasteiger partial charge is 0.123 e. The van der Waals surface area contributed by atoms with E-state index < -0.39 is 0 Å². The van der Waals surface area contributed by atoms with Gasteiger partial charge in [0.25, 0.3) is 0 Å². The molecule has 0 radical (unpaired) electrons. The average Bonchev–Trinajstić information content (AvgIpc) is 2.36. The van der Waals surface area contributed by atoms with E-state index in [1.54, 1.807) is 6.07 Å². The zero-order chi connectivity index (χ0) is 13.0. The first-order valence-electron chi connectivity index (χ1n) is 5.55. The Morgan fingerprint density at radius 1 is 1.06 bits per heavy atom. The third kappa shape index (κ3) is 3.55. The van der Waals surface area contributed by atoms with Crippen molar-refractivity contribution in [3.8, 4) is 0 Å². The zero-order valence-electron chi connectivity index (χ0n) is 9.59. The lowest BCUT2D eigenvalue weighted by atomic mass is 10.2. The lowest BCUT2D eigenvalue weighted by molar-refractivity contribution is 0.619. The van der Waals surface area contributed by atoms with E-state index in [1.807, 2.05) is 24.3 Å². The molecule has 0 aliphatic heterocycles. The topological polar surface area (TPSA) is 12.0 Å². The maximum absolute atomic E-state index is 13.1. The molecule has 0 amide bonds. The van der Waals surface area contributed by atoms with Gasteiger partial charge in [0.1, 0.15) is 5.82 Å². The maximum Gasteiger partial charge on any atom is 0.123 e. The van der Waals surface area contributed by atoms with Crippen LogP contribution in [-0.2, 0) is 13.1 Å². The van der Waals surface area contributed by atoms with Gasteiger partial charge in [-0.05, 0) is 35.4 Å². The number of hydrogen-bond donors (Lipinski definition) is 1. The summed E-state index contributed by atoms with van der Waals surface area (Å²) in [6, 6.07) is 12.3. The summed E-state index contributed by atoms with van der Waals surface area (Å²) in [4.78, 5) is 0. The molecule has 0 atom stereocenters. The standard InChI is InChI=1S/C14H12BrClFN/c15-13-6-5-12(17)7-11(13)9-18-8-10-3-1-2-4-14(10)16/h1-7,18H,8-9H2. The van der Waals surface area contributed by atoms with E-state index in [0.29, 0.717) is 13.1 Å². The van der Waals surface area contributed by atoms with Gasteiger partial charge < -0.3 is 5.32 Å². The normalized spacial score (nSPS) is 10.6. The predicted octanol–water partition coefficient (Wildman–Crippen LogP) is 4.53. The predicted molar refractivity (Wildman–Crippen MR) is 76.1 cm³/mol. The van der Waals surface area contributed by atoms with Crippen molar-refractivity contribution in [2.45, 2.75) is 13.1 Å². The second kappa shape index (κ2) is 6.32. The van der Waals surface area contributed by atoms with Gasteiger partial charge >= 0.3 is 0 Å². The van der Waals surface area contributed by atoms with E-state index in [4.69, 9.17) is 11.6 Å². The van der Waals surface area contributed by atoms with Crippen LogP contribution in [0.15, 0.2) is 46.9 Å². The molecule has 0 aliphatic rings. The Morgan fingerprint density at radius 3 is 2.56 bits per heavy atom. The Kier molecular flexibility index (Phi) is 4.75. The molecule has 1 nitrogen and oxygen atoms in total. The van der Waals surface area contributed by atoms with Crippen molar-refractivity contribution in [1.82, 2.24) is 5.32 Å². The highest BCUT2D eigenvalue weighted by Crippen LogP contribution is 2.18. The van der Waals surface area contributed by atoms with Crippen LogP contribution in [0.5, 0.6) is 0 Å². The largest absolute Gasteiger partial charge is 0.309 e. The molecule has 0 spiro atoms. The molecule has 0 aliphatic carbocycles. The quantitative estimate of drug-likeness (QED) is 0.869. The van der Waals surface area contributed by atoms with Gasteiger partial charge in [0.2, 0.25) is 0 Å². The number of nitrogens with one attached hydrogen (secondary N) is 1. The molecular formula is C14H12BrClFN. The monoisotopic (exact) mass is 327 g/mol. The highest BCUT2D eigenvalue weighted by molar-refractivity contribution is 9.10. The lowest BCUT2D eigenvalue weighted by Gasteiger charge is -2.08. The van der Waals surface area contributed by atoms with E-state index in [1.165, 1.54) is 12.1 Å². The molecule has 0 bridgehead atoms. The summed E-state index contributed by atoms with van der Waals surface area (Å²) in [5, 5.41) is 3.98. The molecule has 2 rings (SSSR count). The SMILES string of the molecule is Fc1ccc(Br)c(CNCc2ccccc2Cl)c1. The summed E-state index contributed by atoms with van der Waals surface area (Å²) in [6.07, 6.45) is 0. The van der Waals surface area contributed by atoms with Crippen LogP contribution in [-0.4, -0.2) is 0 Å². The van der Waals surface area contributed by atoms with Crippen LogP contribution in [0.3, 0.4) is 0 Å². The third-order valence-electron chi connectivity index (χ3n) is 2.60. The minimum absolute atomic E-state index is 0.229. The Morgan fingerprint density at radius 2 is 1.78 bits per heavy atom. The molecule has 1 N–H and O–H groups in total. The highest BCUT2D eigenvalue weighted by Gasteiger charge is 2.02. The van der Waals surface area contributed by atoms with Crippen molar-refractivity contribution < 1.29 is 4.39 Å². The summed E-state index contributed by atoms with van der Waals surface area (Å²) in [5.74, 6) is -0.229. The Labute approximate surface area is 119 Å². The Hall–Kier alpha value is -0.900. The Balaban J connectivity index is 1.96. The zero-order valence-corrected chi connectivity index (χ0v) is 11.9. The van der Waals surface area contributed by atoms with Gasteiger partial charge in [-0.3, -0.25) is 0 Å². The van der Waals surface area contributed by atoms with Gasteiger partial charge in [0.15, 0.2) is 0 Å². The third-order valence-corrected chi connectivity index (χ3v) is 3.74. The molecule has 0 fully saturated rings. The fourth-order valence-electron chi connectivity index (χ4n) is 1.65. The van der Waals surface area contributed by atoms with Crippen LogP contribution in [0, 0.1) is 5.82 Å². The minimum Gasteiger partial charge on any atom is -0.309 e. The van der Waals surface area contributed by atoms with Crippen molar-refractivity contribution in [2.24, 2.45) is 0 Å². The molecule has 2 aromatic carbocycles. The van der Waals surface area contributed by atoms with Gasteiger partial charge in [-0.15, -0.1) is 0 Å². The molecule has 4 heteroatoms. The molecule has 0 saturated heterocycles. The molecular weight excluding hydrogens is 317 g/mol. The van der Waals surface area contributed by atoms with E-state index in [-0.39, 0.29) is 5.82 Å². The van der Waals surface area contributed by atoms with E-state index >= 15 is 0 Å². The van der Waals surface area contributed by atoms with Gasteiger partial charge in [0, 0.05) is 22.6 Å². The van der Waals surface area contributed by atoms with Crippen LogP contribution in [0.2, 0.25) is 5.02 Å². The fourth-order valence-corrected chi connectivity index (χ4v) is 2.24. The van der Waals surface area contributed by atoms with E-state index in [0.717, 1.165) is 20.6 Å². The second-order valence-corrected chi connectivity index (χ2v) is 5.19. The van der Waals surface area contributed by atoms with Crippen LogP contribution in [0.25, 0.3) is 0 Å². The number of benzene rings is 2. The van der Waals surface area contributed by atoms with Crippen LogP contribution < -0.4 is 5.32 Å². The first kappa shape index (κ1) is 13.5. The van der Waals surface area contributed by atoms with Crippen molar-refractivity contribution in [1.29, 1.82) is 0 Å². The van der Waals surface area contributed by atoms with Gasteiger partial charge in [-0.1, -0.05) is 45.7 Å². The molecule has 18 heavy (non-hydrogen) atoms. The van der Waals surface area contributed by atoms with Crippen LogP contribution in [0.4, 0.5) is 4.39 Å². The minimum atomic E-state index is -0.229. The van der Waals surface area contributed by atoms with Gasteiger partial charge in [-0.25, -0.2) is 4.39 Å². The summed E-state index contributed by atoms with van der Waals surface area (Å²) >= 11 is 9.45. The average molecular weight is 329 g/mol. The van der Waals surface area contributed by atoms with Crippen LogP contribution in [0.1, 0.15) is 11.1 Å². The summed E-state index contributed by atoms with van der Waals surface area (Å²) in [5.41, 5.74) is 1.92. The van der Waals surface area contributed by atoms with Crippen molar-refractivity contribution >= 4 is 27.5 Å². The summed E-state index contributed by atoms with van der Waals surface area (Å²) in [7, 11) is 0. The lowest BCUT2D eigenvalue weighted by Crippen LogP contribution is -2.13. The summed E-state index contributed by atoms with van der Waals surface area (Å²) < 4.78 is 14.0. The fraction of sp³-hybridized carbons (Fsp3) is 0.143. The van der Waals surface area contributed by atoms with E-state index in [9.17, 15) is 4.39 Å². The molecule has 2 aromatic rings. The molecule has 0 saturated carbocycles. The van der Waals surface area contributed by atoms with Crippen molar-refractivity contribution in [3.63, 3.8) is 0 Å². The van der Waals surface area contributed by atoms with Crippen molar-refractivity contribution in [3.05, 3.63) is 68.9 Å². The number of halogens is 3. The summed E-state index contributed by atoms with van der Waals surface area (Å²) in [6.45, 7) is 1.24. The molecule has 0 heterocycles. The Bertz CT molecular complexity index is 545. The molecule has 94 valence electrons. The first-order chi connectivity index (χ1) is 8.66. The number of rotatable bonds is 4. The maximum atomic E-state index is 13.1.